The minimum absolute atomic E-state index is 0.256. The van der Waals surface area contributed by atoms with Gasteiger partial charge in [0.25, 0.3) is 0 Å². The highest BCUT2D eigenvalue weighted by molar-refractivity contribution is 7.10. The van der Waals surface area contributed by atoms with Crippen LogP contribution in [-0.2, 0) is 0 Å². The van der Waals surface area contributed by atoms with Gasteiger partial charge in [0, 0.05) is 33.3 Å². The Bertz CT molecular complexity index is 1390. The Morgan fingerprint density at radius 3 is 2.47 bits per heavy atom. The van der Waals surface area contributed by atoms with Crippen molar-refractivity contribution in [3.63, 3.8) is 0 Å². The molecule has 0 saturated heterocycles. The molecule has 2 heterocycles. The highest BCUT2D eigenvalue weighted by Gasteiger charge is 2.11. The molecule has 2 aromatic heterocycles. The van der Waals surface area contributed by atoms with E-state index in [1.54, 1.807) is 12.1 Å². The summed E-state index contributed by atoms with van der Waals surface area (Å²) in [5.41, 5.74) is 5.42. The predicted molar refractivity (Wildman–Crippen MR) is 130 cm³/mol. The molecule has 0 radical (unpaired) electrons. The Balaban J connectivity index is 1.50. The first kappa shape index (κ1) is 20.4. The van der Waals surface area contributed by atoms with E-state index in [2.05, 4.69) is 4.98 Å². The van der Waals surface area contributed by atoms with Crippen LogP contribution in [0.25, 0.3) is 40.4 Å². The van der Waals surface area contributed by atoms with Gasteiger partial charge < -0.3 is 0 Å². The topological polar surface area (TPSA) is 30.7 Å². The highest BCUT2D eigenvalue weighted by Crippen LogP contribution is 2.28. The van der Waals surface area contributed by atoms with Crippen molar-refractivity contribution in [1.29, 1.82) is 0 Å². The Kier molecular flexibility index (Phi) is 5.67. The van der Waals surface area contributed by atoms with Crippen LogP contribution in [0.4, 0.5) is 4.39 Å². The lowest BCUT2D eigenvalue weighted by Crippen LogP contribution is -1.93. The van der Waals surface area contributed by atoms with Crippen LogP contribution in [0.5, 0.6) is 0 Å². The molecule has 0 amide bonds. The first-order valence-corrected chi connectivity index (χ1v) is 11.2. The molecule has 5 rings (SSSR count). The molecule has 0 fully saturated rings. The Morgan fingerprint density at radius 1 is 0.875 bits per heavy atom. The van der Waals surface area contributed by atoms with Crippen molar-refractivity contribution in [3.8, 4) is 28.2 Å². The summed E-state index contributed by atoms with van der Waals surface area (Å²) in [5.74, 6) is -0.256. The summed E-state index contributed by atoms with van der Waals surface area (Å²) >= 11 is 7.77. The molecule has 3 aromatic carbocycles. The van der Waals surface area contributed by atoms with Crippen molar-refractivity contribution in [2.45, 2.75) is 0 Å². The number of rotatable bonds is 5. The lowest BCUT2D eigenvalue weighted by atomic mass is 10.1. The summed E-state index contributed by atoms with van der Waals surface area (Å²) in [6.07, 6.45) is 5.98. The molecule has 6 heteroatoms. The first-order chi connectivity index (χ1) is 15.7. The molecule has 3 nitrogen and oxygen atoms in total. The van der Waals surface area contributed by atoms with Gasteiger partial charge in [-0.25, -0.2) is 14.1 Å². The smallest absolute Gasteiger partial charge is 0.123 e. The number of halogens is 2. The van der Waals surface area contributed by atoms with Gasteiger partial charge in [0.15, 0.2) is 0 Å². The summed E-state index contributed by atoms with van der Waals surface area (Å²) in [6, 6.07) is 24.0. The molecule has 0 N–H and O–H groups in total. The van der Waals surface area contributed by atoms with Gasteiger partial charge in [-0.05, 0) is 60.7 Å². The molecule has 0 bridgehead atoms. The third-order valence-electron chi connectivity index (χ3n) is 4.93. The van der Waals surface area contributed by atoms with E-state index >= 15 is 0 Å². The van der Waals surface area contributed by atoms with Crippen molar-refractivity contribution >= 4 is 35.1 Å². The number of aromatic nitrogens is 3. The zero-order valence-corrected chi connectivity index (χ0v) is 18.4. The second kappa shape index (κ2) is 8.91. The largest absolute Gasteiger partial charge is 0.240 e. The Labute approximate surface area is 194 Å². The quantitative estimate of drug-likeness (QED) is 0.271. The van der Waals surface area contributed by atoms with Gasteiger partial charge in [-0.2, -0.15) is 5.10 Å². The highest BCUT2D eigenvalue weighted by atomic mass is 35.5. The molecule has 0 spiro atoms. The predicted octanol–water partition coefficient (Wildman–Crippen LogP) is 7.63. The maximum Gasteiger partial charge on any atom is 0.123 e. The Hall–Kier alpha value is -3.54. The van der Waals surface area contributed by atoms with Crippen LogP contribution in [0.3, 0.4) is 0 Å². The van der Waals surface area contributed by atoms with E-state index in [1.165, 1.54) is 23.5 Å². The molecule has 32 heavy (non-hydrogen) atoms. The summed E-state index contributed by atoms with van der Waals surface area (Å²) < 4.78 is 15.1. The van der Waals surface area contributed by atoms with Crippen molar-refractivity contribution in [2.75, 3.05) is 0 Å². The van der Waals surface area contributed by atoms with Gasteiger partial charge >= 0.3 is 0 Å². The normalized spacial score (nSPS) is 11.3. The number of benzene rings is 3. The van der Waals surface area contributed by atoms with Gasteiger partial charge in [-0.3, -0.25) is 0 Å². The van der Waals surface area contributed by atoms with Gasteiger partial charge in [0.2, 0.25) is 0 Å². The molecule has 0 saturated carbocycles. The van der Waals surface area contributed by atoms with Crippen LogP contribution in [0.2, 0.25) is 5.02 Å². The number of para-hydroxylation sites is 1. The minimum Gasteiger partial charge on any atom is -0.240 e. The standard InChI is InChI=1S/C26H17ClFN3S/c27-21-6-4-5-19(15-21)26-20(16-31(30-26)23-7-2-1-3-8-23)11-14-25-29-24(17-32-25)18-9-12-22(28)13-10-18/h1-17H. The van der Waals surface area contributed by atoms with Gasteiger partial charge in [0.1, 0.15) is 10.8 Å². The fourth-order valence-electron chi connectivity index (χ4n) is 3.36. The van der Waals surface area contributed by atoms with Crippen LogP contribution in [0.1, 0.15) is 10.6 Å². The van der Waals surface area contributed by atoms with E-state index in [1.807, 2.05) is 83.0 Å². The molecular formula is C26H17ClFN3S. The third kappa shape index (κ3) is 4.40. The number of hydrogen-bond acceptors (Lipinski definition) is 3. The average Bonchev–Trinajstić information content (AvgIpc) is 3.46. The molecular weight excluding hydrogens is 441 g/mol. The van der Waals surface area contributed by atoms with E-state index in [9.17, 15) is 4.39 Å². The second-order valence-corrected chi connectivity index (χ2v) is 8.46. The average molecular weight is 458 g/mol. The minimum atomic E-state index is -0.256. The van der Waals surface area contributed by atoms with Crippen molar-refractivity contribution in [2.24, 2.45) is 0 Å². The van der Waals surface area contributed by atoms with Crippen molar-refractivity contribution in [1.82, 2.24) is 14.8 Å². The van der Waals surface area contributed by atoms with Crippen LogP contribution in [0, 0.1) is 5.82 Å². The molecule has 0 aliphatic carbocycles. The Morgan fingerprint density at radius 2 is 1.69 bits per heavy atom. The van der Waals surface area contributed by atoms with E-state index < -0.39 is 0 Å². The van der Waals surface area contributed by atoms with Gasteiger partial charge in [-0.1, -0.05) is 41.9 Å². The van der Waals surface area contributed by atoms with E-state index in [-0.39, 0.29) is 5.82 Å². The second-order valence-electron chi connectivity index (χ2n) is 7.13. The fraction of sp³-hybridized carbons (Fsp3) is 0. The van der Waals surface area contributed by atoms with E-state index in [4.69, 9.17) is 16.7 Å². The first-order valence-electron chi connectivity index (χ1n) is 9.96. The SMILES string of the molecule is Fc1ccc(-c2csc(C=Cc3cn(-c4ccccc4)nc3-c3cccc(Cl)c3)n2)cc1. The number of hydrogen-bond donors (Lipinski definition) is 0. The van der Waals surface area contributed by atoms with Crippen LogP contribution >= 0.6 is 22.9 Å². The van der Waals surface area contributed by atoms with Gasteiger partial charge in [-0.15, -0.1) is 11.3 Å². The third-order valence-corrected chi connectivity index (χ3v) is 5.97. The van der Waals surface area contributed by atoms with Crippen LogP contribution in [-0.4, -0.2) is 14.8 Å². The lowest BCUT2D eigenvalue weighted by molar-refractivity contribution is 0.628. The monoisotopic (exact) mass is 457 g/mol. The van der Waals surface area contributed by atoms with E-state index in [0.29, 0.717) is 5.02 Å². The molecule has 0 atom stereocenters. The van der Waals surface area contributed by atoms with Crippen LogP contribution < -0.4 is 0 Å². The maximum atomic E-state index is 13.2. The molecule has 0 unspecified atom stereocenters. The summed E-state index contributed by atoms with van der Waals surface area (Å²) in [6.45, 7) is 0. The summed E-state index contributed by atoms with van der Waals surface area (Å²) in [4.78, 5) is 4.67. The summed E-state index contributed by atoms with van der Waals surface area (Å²) in [7, 11) is 0. The van der Waals surface area contributed by atoms with Crippen molar-refractivity contribution < 1.29 is 4.39 Å². The summed E-state index contributed by atoms with van der Waals surface area (Å²) in [5, 5.41) is 8.31. The van der Waals surface area contributed by atoms with E-state index in [0.717, 1.165) is 38.8 Å². The molecule has 0 aliphatic heterocycles. The number of nitrogens with zero attached hydrogens (tertiary/aromatic N) is 3. The fourth-order valence-corrected chi connectivity index (χ4v) is 4.27. The lowest BCUT2D eigenvalue weighted by Gasteiger charge is -2.01. The zero-order chi connectivity index (χ0) is 21.9. The van der Waals surface area contributed by atoms with Crippen LogP contribution in [0.15, 0.2) is 90.4 Å². The zero-order valence-electron chi connectivity index (χ0n) is 16.8. The molecule has 156 valence electrons. The number of thiazole rings is 1. The maximum absolute atomic E-state index is 13.2. The molecule has 5 aromatic rings. The van der Waals surface area contributed by atoms with Gasteiger partial charge in [0.05, 0.1) is 17.1 Å². The van der Waals surface area contributed by atoms with Crippen molar-refractivity contribution in [3.05, 3.63) is 112 Å². The molecule has 0 aliphatic rings.